The number of halogens is 1. The van der Waals surface area contributed by atoms with E-state index in [9.17, 15) is 24.2 Å². The van der Waals surface area contributed by atoms with E-state index < -0.39 is 17.7 Å². The number of fused-ring (bicyclic) bond motifs is 1. The first kappa shape index (κ1) is 29.9. The van der Waals surface area contributed by atoms with Gasteiger partial charge >= 0.3 is 5.97 Å². The molecular weight excluding hydrogens is 551 g/mol. The second kappa shape index (κ2) is 14.0. The van der Waals surface area contributed by atoms with Gasteiger partial charge in [0, 0.05) is 31.7 Å². The van der Waals surface area contributed by atoms with Crippen LogP contribution in [0.2, 0.25) is 0 Å². The number of ether oxygens (including phenoxy) is 2. The van der Waals surface area contributed by atoms with Crippen LogP contribution in [-0.4, -0.2) is 68.4 Å². The minimum Gasteiger partial charge on any atom is -0.506 e. The van der Waals surface area contributed by atoms with Gasteiger partial charge in [0.1, 0.15) is 22.9 Å². The third kappa shape index (κ3) is 7.18. The van der Waals surface area contributed by atoms with E-state index >= 15 is 0 Å². The lowest BCUT2D eigenvalue weighted by Crippen LogP contribution is -2.21. The predicted molar refractivity (Wildman–Crippen MR) is 158 cm³/mol. The van der Waals surface area contributed by atoms with Crippen LogP contribution < -0.4 is 9.62 Å². The van der Waals surface area contributed by atoms with Gasteiger partial charge in [-0.1, -0.05) is 30.1 Å². The number of hydrogen-bond acceptors (Lipinski definition) is 8. The summed E-state index contributed by atoms with van der Waals surface area (Å²) < 4.78 is 32.7. The lowest BCUT2D eigenvalue weighted by molar-refractivity contribution is 0.0520. The topological polar surface area (TPSA) is 121 Å². The normalized spacial score (nSPS) is 11.1. The van der Waals surface area contributed by atoms with Crippen molar-refractivity contribution in [2.75, 3.05) is 50.6 Å². The molecule has 4 rings (SSSR count). The quantitative estimate of drug-likeness (QED) is 0.128. The Morgan fingerprint density at radius 2 is 1.76 bits per heavy atom. The number of furan rings is 1. The number of carbonyl (C=O) groups excluding carboxylic acids is 1. The number of aromatic hydroxyl groups is 1. The van der Waals surface area contributed by atoms with Gasteiger partial charge in [-0.15, -0.1) is 0 Å². The first-order valence-corrected chi connectivity index (χ1v) is 14.1. The van der Waals surface area contributed by atoms with Crippen LogP contribution >= 0.6 is 11.9 Å². The van der Waals surface area contributed by atoms with Crippen molar-refractivity contribution in [3.63, 3.8) is 0 Å². The molecular formula is C30H33FN2O7S. The molecule has 1 amide bonds. The number of carbonyl (C=O) groups is 2. The zero-order chi connectivity index (χ0) is 29.4. The minimum atomic E-state index is -0.959. The highest BCUT2D eigenvalue weighted by Gasteiger charge is 2.24. The van der Waals surface area contributed by atoms with Gasteiger partial charge in [-0.05, 0) is 48.4 Å². The summed E-state index contributed by atoms with van der Waals surface area (Å²) in [4.78, 5) is 24.0. The van der Waals surface area contributed by atoms with Gasteiger partial charge in [0.2, 0.25) is 0 Å². The van der Waals surface area contributed by atoms with Crippen molar-refractivity contribution in [3.8, 4) is 17.1 Å². The van der Waals surface area contributed by atoms with Crippen LogP contribution in [0.1, 0.15) is 27.7 Å². The Morgan fingerprint density at radius 1 is 1.05 bits per heavy atom. The highest BCUT2D eigenvalue weighted by Crippen LogP contribution is 2.41. The van der Waals surface area contributed by atoms with Crippen molar-refractivity contribution in [1.29, 1.82) is 0 Å². The Bertz CT molecular complexity index is 1510. The Hall–Kier alpha value is -4.06. The van der Waals surface area contributed by atoms with Crippen molar-refractivity contribution in [1.82, 2.24) is 5.32 Å². The predicted octanol–water partition coefficient (Wildman–Crippen LogP) is 5.61. The Morgan fingerprint density at radius 3 is 2.44 bits per heavy atom. The van der Waals surface area contributed by atoms with E-state index in [1.54, 1.807) is 30.3 Å². The van der Waals surface area contributed by atoms with Gasteiger partial charge in [-0.3, -0.25) is 4.79 Å². The third-order valence-electron chi connectivity index (χ3n) is 6.41. The molecule has 41 heavy (non-hydrogen) atoms. The van der Waals surface area contributed by atoms with Gasteiger partial charge in [-0.2, -0.15) is 0 Å². The Balaban J connectivity index is 0.00000484. The van der Waals surface area contributed by atoms with Crippen LogP contribution in [0, 0.1) is 5.82 Å². The summed E-state index contributed by atoms with van der Waals surface area (Å²) in [6, 6.07) is 15.6. The lowest BCUT2D eigenvalue weighted by atomic mass is 10.0. The van der Waals surface area contributed by atoms with Crippen LogP contribution in [0.5, 0.6) is 5.75 Å². The number of nitrogens with zero attached hydrogens (tertiary/aromatic N) is 1. The molecule has 0 aliphatic carbocycles. The van der Waals surface area contributed by atoms with Gasteiger partial charge < -0.3 is 33.7 Å². The molecule has 0 bridgehead atoms. The maximum atomic E-state index is 13.5. The molecule has 9 nitrogen and oxygen atoms in total. The SMILES string of the molecule is CNC(=O)c1c(-c2ccc(F)cc2)oc2cc(N(CCOCCOCCc3ccccc3C(=O)O)SC)c(O)cc12.[HH]. The summed E-state index contributed by atoms with van der Waals surface area (Å²) in [7, 11) is 1.50. The first-order chi connectivity index (χ1) is 19.8. The number of benzene rings is 3. The van der Waals surface area contributed by atoms with Gasteiger partial charge in [0.25, 0.3) is 5.91 Å². The van der Waals surface area contributed by atoms with E-state index in [0.29, 0.717) is 61.6 Å². The van der Waals surface area contributed by atoms with Crippen LogP contribution in [0.4, 0.5) is 10.1 Å². The molecule has 0 atom stereocenters. The van der Waals surface area contributed by atoms with E-state index in [1.807, 2.05) is 10.6 Å². The molecule has 1 aromatic heterocycles. The fourth-order valence-electron chi connectivity index (χ4n) is 4.38. The number of carboxylic acid groups (broad SMARTS) is 1. The van der Waals surface area contributed by atoms with E-state index in [1.165, 1.54) is 49.3 Å². The van der Waals surface area contributed by atoms with Crippen molar-refractivity contribution in [2.45, 2.75) is 6.42 Å². The van der Waals surface area contributed by atoms with Gasteiger partial charge in [0.15, 0.2) is 0 Å². The maximum absolute atomic E-state index is 13.5. The van der Waals surface area contributed by atoms with Crippen LogP contribution in [0.15, 0.2) is 65.1 Å². The largest absolute Gasteiger partial charge is 0.506 e. The number of anilines is 1. The van der Waals surface area contributed by atoms with E-state index in [-0.39, 0.29) is 24.1 Å². The minimum absolute atomic E-state index is 0. The van der Waals surface area contributed by atoms with Crippen LogP contribution in [-0.2, 0) is 15.9 Å². The summed E-state index contributed by atoms with van der Waals surface area (Å²) in [5, 5.41) is 23.2. The molecule has 0 aliphatic heterocycles. The number of amides is 1. The molecule has 1 heterocycles. The van der Waals surface area contributed by atoms with Gasteiger partial charge in [-0.25, -0.2) is 9.18 Å². The molecule has 11 heteroatoms. The van der Waals surface area contributed by atoms with Crippen LogP contribution in [0.3, 0.4) is 0 Å². The molecule has 3 aromatic carbocycles. The molecule has 0 saturated carbocycles. The van der Waals surface area contributed by atoms with E-state index in [2.05, 4.69) is 5.32 Å². The average molecular weight is 585 g/mol. The lowest BCUT2D eigenvalue weighted by Gasteiger charge is -2.22. The number of rotatable bonds is 14. The molecule has 4 aromatic rings. The third-order valence-corrected chi connectivity index (χ3v) is 7.23. The monoisotopic (exact) mass is 584 g/mol. The Kier molecular flexibility index (Phi) is 10.2. The number of phenols is 1. The number of aromatic carboxylic acids is 1. The second-order valence-electron chi connectivity index (χ2n) is 8.95. The smallest absolute Gasteiger partial charge is 0.335 e. The second-order valence-corrected chi connectivity index (χ2v) is 9.76. The van der Waals surface area contributed by atoms with E-state index in [4.69, 9.17) is 13.9 Å². The Labute approximate surface area is 242 Å². The maximum Gasteiger partial charge on any atom is 0.335 e. The highest BCUT2D eigenvalue weighted by molar-refractivity contribution is 8.00. The number of hydrogen-bond donors (Lipinski definition) is 3. The summed E-state index contributed by atoms with van der Waals surface area (Å²) in [5.41, 5.74) is 2.67. The van der Waals surface area contributed by atoms with Crippen LogP contribution in [0.25, 0.3) is 22.3 Å². The van der Waals surface area contributed by atoms with Crippen molar-refractivity contribution >= 4 is 40.5 Å². The van der Waals surface area contributed by atoms with Crippen molar-refractivity contribution < 1.29 is 39.5 Å². The molecule has 0 spiro atoms. The molecule has 0 unspecified atom stereocenters. The molecule has 3 N–H and O–H groups in total. The standard InChI is InChI=1S/C30H31FN2O7S.H2/c1-32-29(35)27-23-17-25(34)24(18-26(23)40-28(27)20-7-9-21(31)10-8-20)33(41-2)12-14-39-16-15-38-13-11-19-5-3-4-6-22(19)30(36)37;/h3-10,17-18,34H,11-16H2,1-2H3,(H,32,35)(H,36,37);1H. The van der Waals surface area contributed by atoms with Gasteiger partial charge in [0.05, 0.1) is 49.8 Å². The average Bonchev–Trinajstić information content (AvgIpc) is 3.34. The molecule has 0 fully saturated rings. The zero-order valence-electron chi connectivity index (χ0n) is 22.7. The van der Waals surface area contributed by atoms with E-state index in [0.717, 1.165) is 5.56 Å². The summed E-state index contributed by atoms with van der Waals surface area (Å²) in [6.45, 7) is 1.88. The molecule has 0 aliphatic rings. The highest BCUT2D eigenvalue weighted by atomic mass is 32.2. The first-order valence-electron chi connectivity index (χ1n) is 12.9. The van der Waals surface area contributed by atoms with Crippen molar-refractivity contribution in [2.24, 2.45) is 0 Å². The number of phenolic OH excluding ortho intramolecular Hbond substituents is 1. The fraction of sp³-hybridized carbons (Fsp3) is 0.267. The summed E-state index contributed by atoms with van der Waals surface area (Å²) >= 11 is 1.39. The fourth-order valence-corrected chi connectivity index (χ4v) is 4.98. The summed E-state index contributed by atoms with van der Waals surface area (Å²) in [5.74, 6) is -1.51. The number of carboxylic acids is 1. The molecule has 0 saturated heterocycles. The molecule has 0 radical (unpaired) electrons. The summed E-state index contributed by atoms with van der Waals surface area (Å²) in [6.07, 6.45) is 2.35. The van der Waals surface area contributed by atoms with Crippen molar-refractivity contribution in [3.05, 3.63) is 83.2 Å². The number of nitrogens with one attached hydrogen (secondary N) is 1. The zero-order valence-corrected chi connectivity index (χ0v) is 23.5. The molecule has 218 valence electrons.